The molecule has 1 aliphatic heterocycles. The standard InChI is InChI=1S/C24H28N2O2/c1-18-10-6-7-13-20(18)16-25-21(27)17-26-22(19-11-4-2-5-12-19)24(23(26)28)14-8-3-9-15-24/h2,4-7,10-13,22H,3,8-9,14-17H2,1H3,(H,25,27). The Morgan fingerprint density at radius 2 is 1.71 bits per heavy atom. The van der Waals surface area contributed by atoms with Gasteiger partial charge in [0.1, 0.15) is 6.54 Å². The topological polar surface area (TPSA) is 49.4 Å². The largest absolute Gasteiger partial charge is 0.350 e. The molecule has 2 aromatic rings. The number of nitrogens with one attached hydrogen (secondary N) is 1. The van der Waals surface area contributed by atoms with E-state index in [-0.39, 0.29) is 29.8 Å². The summed E-state index contributed by atoms with van der Waals surface area (Å²) >= 11 is 0. The van der Waals surface area contributed by atoms with Gasteiger partial charge in [0.15, 0.2) is 0 Å². The SMILES string of the molecule is Cc1ccccc1CNC(=O)CN1C(=O)C2(CCCCC2)C1c1ccccc1. The van der Waals surface area contributed by atoms with Crippen molar-refractivity contribution in [1.82, 2.24) is 10.2 Å². The molecule has 1 N–H and O–H groups in total. The Balaban J connectivity index is 1.47. The number of hydrogen-bond acceptors (Lipinski definition) is 2. The van der Waals surface area contributed by atoms with Crippen molar-refractivity contribution < 1.29 is 9.59 Å². The van der Waals surface area contributed by atoms with Crippen molar-refractivity contribution in [2.24, 2.45) is 5.41 Å². The van der Waals surface area contributed by atoms with E-state index in [0.717, 1.165) is 42.4 Å². The third-order valence-electron chi connectivity index (χ3n) is 6.43. The molecule has 146 valence electrons. The molecule has 1 atom stereocenters. The average molecular weight is 377 g/mol. The first-order valence-electron chi connectivity index (χ1n) is 10.3. The highest BCUT2D eigenvalue weighted by atomic mass is 16.2. The van der Waals surface area contributed by atoms with E-state index in [2.05, 4.69) is 17.4 Å². The molecule has 1 spiro atoms. The van der Waals surface area contributed by atoms with E-state index in [1.165, 1.54) is 6.42 Å². The molecule has 0 bridgehead atoms. The Morgan fingerprint density at radius 3 is 2.43 bits per heavy atom. The van der Waals surface area contributed by atoms with Gasteiger partial charge >= 0.3 is 0 Å². The number of carbonyl (C=O) groups is 2. The Bertz CT molecular complexity index is 856. The van der Waals surface area contributed by atoms with Crippen LogP contribution >= 0.6 is 0 Å². The van der Waals surface area contributed by atoms with Crippen LogP contribution in [0.1, 0.15) is 54.8 Å². The number of nitrogens with zero attached hydrogens (tertiary/aromatic N) is 1. The predicted octanol–water partition coefficient (Wildman–Crippen LogP) is 4.15. The first-order chi connectivity index (χ1) is 13.6. The molecule has 4 rings (SSSR count). The zero-order valence-corrected chi connectivity index (χ0v) is 16.5. The Hall–Kier alpha value is -2.62. The number of hydrogen-bond donors (Lipinski definition) is 1. The van der Waals surface area contributed by atoms with Crippen molar-refractivity contribution >= 4 is 11.8 Å². The summed E-state index contributed by atoms with van der Waals surface area (Å²) in [5.74, 6) is 0.0651. The number of benzene rings is 2. The van der Waals surface area contributed by atoms with E-state index >= 15 is 0 Å². The lowest BCUT2D eigenvalue weighted by atomic mass is 9.60. The lowest BCUT2D eigenvalue weighted by Gasteiger charge is -2.58. The number of aryl methyl sites for hydroxylation is 1. The molecular weight excluding hydrogens is 348 g/mol. The summed E-state index contributed by atoms with van der Waals surface area (Å²) in [4.78, 5) is 27.5. The van der Waals surface area contributed by atoms with Crippen LogP contribution in [0.2, 0.25) is 0 Å². The molecule has 0 aromatic heterocycles. The first kappa shape index (κ1) is 18.7. The van der Waals surface area contributed by atoms with Gasteiger partial charge in [-0.3, -0.25) is 9.59 Å². The minimum absolute atomic E-state index is 0.0192. The molecule has 1 saturated carbocycles. The van der Waals surface area contributed by atoms with Crippen molar-refractivity contribution in [2.75, 3.05) is 6.54 Å². The van der Waals surface area contributed by atoms with Crippen molar-refractivity contribution in [3.63, 3.8) is 0 Å². The maximum Gasteiger partial charge on any atom is 0.239 e. The van der Waals surface area contributed by atoms with Gasteiger partial charge in [0, 0.05) is 6.54 Å². The molecule has 1 heterocycles. The Kier molecular flexibility index (Phi) is 5.21. The maximum absolute atomic E-state index is 13.1. The van der Waals surface area contributed by atoms with Gasteiger partial charge < -0.3 is 10.2 Å². The minimum Gasteiger partial charge on any atom is -0.350 e. The number of β-lactam (4-membered cyclic amide) rings is 1. The van der Waals surface area contributed by atoms with Gasteiger partial charge in [0.2, 0.25) is 11.8 Å². The zero-order valence-electron chi connectivity index (χ0n) is 16.5. The van der Waals surface area contributed by atoms with Crippen molar-refractivity contribution in [3.8, 4) is 0 Å². The number of likely N-dealkylation sites (tertiary alicyclic amines) is 1. The summed E-state index contributed by atoms with van der Waals surface area (Å²) in [5, 5.41) is 2.99. The second-order valence-corrected chi connectivity index (χ2v) is 8.17. The van der Waals surface area contributed by atoms with Gasteiger partial charge in [0.25, 0.3) is 0 Å². The quantitative estimate of drug-likeness (QED) is 0.797. The molecule has 4 nitrogen and oxygen atoms in total. The smallest absolute Gasteiger partial charge is 0.239 e. The summed E-state index contributed by atoms with van der Waals surface area (Å²) in [5.41, 5.74) is 3.12. The summed E-state index contributed by atoms with van der Waals surface area (Å²) in [6.45, 7) is 2.67. The van der Waals surface area contributed by atoms with Crippen molar-refractivity contribution in [1.29, 1.82) is 0 Å². The van der Waals surface area contributed by atoms with Crippen LogP contribution in [-0.2, 0) is 16.1 Å². The highest BCUT2D eigenvalue weighted by Gasteiger charge is 2.60. The van der Waals surface area contributed by atoms with Gasteiger partial charge in [-0.05, 0) is 36.5 Å². The molecule has 1 unspecified atom stereocenters. The van der Waals surface area contributed by atoms with Gasteiger partial charge in [-0.2, -0.15) is 0 Å². The minimum atomic E-state index is -0.296. The van der Waals surface area contributed by atoms with Gasteiger partial charge in [-0.25, -0.2) is 0 Å². The molecular formula is C24H28N2O2. The van der Waals surface area contributed by atoms with E-state index in [9.17, 15) is 9.59 Å². The zero-order chi connectivity index (χ0) is 19.6. The van der Waals surface area contributed by atoms with Crippen LogP contribution < -0.4 is 5.32 Å². The third-order valence-corrected chi connectivity index (χ3v) is 6.43. The molecule has 4 heteroatoms. The molecule has 2 aromatic carbocycles. The van der Waals surface area contributed by atoms with Crippen LogP contribution in [-0.4, -0.2) is 23.3 Å². The highest BCUT2D eigenvalue weighted by Crippen LogP contribution is 2.57. The van der Waals surface area contributed by atoms with Gasteiger partial charge in [0.05, 0.1) is 11.5 Å². The normalized spacial score (nSPS) is 20.7. The predicted molar refractivity (Wildman–Crippen MR) is 109 cm³/mol. The van der Waals surface area contributed by atoms with Crippen LogP contribution in [0.15, 0.2) is 54.6 Å². The fourth-order valence-electron chi connectivity index (χ4n) is 4.93. The lowest BCUT2D eigenvalue weighted by molar-refractivity contribution is -0.180. The fourth-order valence-corrected chi connectivity index (χ4v) is 4.93. The molecule has 0 radical (unpaired) electrons. The monoisotopic (exact) mass is 376 g/mol. The second kappa shape index (κ2) is 7.78. The molecule has 2 aliphatic rings. The summed E-state index contributed by atoms with van der Waals surface area (Å²) in [6, 6.07) is 18.3. The number of carbonyl (C=O) groups excluding carboxylic acids is 2. The van der Waals surface area contributed by atoms with E-state index in [1.807, 2.05) is 49.4 Å². The highest BCUT2D eigenvalue weighted by molar-refractivity contribution is 5.94. The number of amides is 2. The Labute approximate surface area is 166 Å². The molecule has 1 saturated heterocycles. The molecule has 28 heavy (non-hydrogen) atoms. The van der Waals surface area contributed by atoms with Crippen molar-refractivity contribution in [2.45, 2.75) is 51.6 Å². The van der Waals surface area contributed by atoms with E-state index in [4.69, 9.17) is 0 Å². The van der Waals surface area contributed by atoms with E-state index < -0.39 is 0 Å². The van der Waals surface area contributed by atoms with Crippen LogP contribution in [0.25, 0.3) is 0 Å². The third kappa shape index (κ3) is 3.32. The molecule has 1 aliphatic carbocycles. The van der Waals surface area contributed by atoms with Crippen molar-refractivity contribution in [3.05, 3.63) is 71.3 Å². The van der Waals surface area contributed by atoms with E-state index in [0.29, 0.717) is 6.54 Å². The number of rotatable bonds is 5. The Morgan fingerprint density at radius 1 is 1.04 bits per heavy atom. The average Bonchev–Trinajstić information content (AvgIpc) is 2.74. The van der Waals surface area contributed by atoms with Gasteiger partial charge in [-0.15, -0.1) is 0 Å². The maximum atomic E-state index is 13.1. The van der Waals surface area contributed by atoms with Crippen LogP contribution in [0, 0.1) is 12.3 Å². The first-order valence-corrected chi connectivity index (χ1v) is 10.3. The van der Waals surface area contributed by atoms with Crippen LogP contribution in [0.4, 0.5) is 0 Å². The van der Waals surface area contributed by atoms with E-state index in [1.54, 1.807) is 4.90 Å². The summed E-state index contributed by atoms with van der Waals surface area (Å²) in [6.07, 6.45) is 5.28. The van der Waals surface area contributed by atoms with Gasteiger partial charge in [-0.1, -0.05) is 73.9 Å². The molecule has 2 fully saturated rings. The second-order valence-electron chi connectivity index (χ2n) is 8.17. The molecule has 2 amide bonds. The van der Waals surface area contributed by atoms with Crippen LogP contribution in [0.3, 0.4) is 0 Å². The fraction of sp³-hybridized carbons (Fsp3) is 0.417. The lowest BCUT2D eigenvalue weighted by Crippen LogP contribution is -2.65. The summed E-state index contributed by atoms with van der Waals surface area (Å²) in [7, 11) is 0. The van der Waals surface area contributed by atoms with Crippen LogP contribution in [0.5, 0.6) is 0 Å². The summed E-state index contributed by atoms with van der Waals surface area (Å²) < 4.78 is 0.